The molecule has 0 unspecified atom stereocenters. The first-order valence-electron chi connectivity index (χ1n) is 3.57. The van der Waals surface area contributed by atoms with Crippen LogP contribution in [0.5, 0.6) is 0 Å². The van der Waals surface area contributed by atoms with Gasteiger partial charge in [0.05, 0.1) is 0 Å². The minimum absolute atomic E-state index is 0. The number of hydrogen-bond donors (Lipinski definition) is 1. The molecule has 54 valence electrons. The highest BCUT2D eigenvalue weighted by atomic mass is 35.5. The molecule has 2 aliphatic carbocycles. The minimum Gasteiger partial charge on any atom is -0.325 e. The van der Waals surface area contributed by atoms with Crippen molar-refractivity contribution in [2.45, 2.75) is 37.6 Å². The Morgan fingerprint density at radius 3 is 2.22 bits per heavy atom. The van der Waals surface area contributed by atoms with E-state index < -0.39 is 0 Å². The average Bonchev–Trinajstić information content (AvgIpc) is 2.49. The van der Waals surface area contributed by atoms with Crippen LogP contribution in [0.1, 0.15) is 32.1 Å². The molecule has 0 heterocycles. The van der Waals surface area contributed by atoms with Gasteiger partial charge in [0.25, 0.3) is 0 Å². The topological polar surface area (TPSA) is 26.0 Å². The van der Waals surface area contributed by atoms with Gasteiger partial charge in [0, 0.05) is 5.54 Å². The standard InChI is InChI=1S/C7H13N.ClH/c8-7(3-4-7)5-6-1-2-6;/h6H,1-5,8H2;1H. The van der Waals surface area contributed by atoms with Crippen LogP contribution in [-0.4, -0.2) is 5.54 Å². The quantitative estimate of drug-likeness (QED) is 0.632. The fraction of sp³-hybridized carbons (Fsp3) is 1.00. The Hall–Kier alpha value is 0.250. The largest absolute Gasteiger partial charge is 0.325 e. The Morgan fingerprint density at radius 2 is 1.89 bits per heavy atom. The molecule has 9 heavy (non-hydrogen) atoms. The normalized spacial score (nSPS) is 29.0. The summed E-state index contributed by atoms with van der Waals surface area (Å²) in [5, 5.41) is 0. The van der Waals surface area contributed by atoms with Crippen molar-refractivity contribution in [3.8, 4) is 0 Å². The van der Waals surface area contributed by atoms with E-state index in [0.29, 0.717) is 5.54 Å². The van der Waals surface area contributed by atoms with Crippen LogP contribution in [0.4, 0.5) is 0 Å². The molecule has 2 rings (SSSR count). The monoisotopic (exact) mass is 147 g/mol. The third kappa shape index (κ3) is 1.84. The van der Waals surface area contributed by atoms with E-state index in [0.717, 1.165) is 5.92 Å². The zero-order valence-electron chi connectivity index (χ0n) is 5.60. The Morgan fingerprint density at radius 1 is 1.33 bits per heavy atom. The molecule has 2 saturated carbocycles. The summed E-state index contributed by atoms with van der Waals surface area (Å²) in [4.78, 5) is 0. The molecule has 0 atom stereocenters. The van der Waals surface area contributed by atoms with Gasteiger partial charge in [-0.3, -0.25) is 0 Å². The highest BCUT2D eigenvalue weighted by Gasteiger charge is 2.42. The lowest BCUT2D eigenvalue weighted by molar-refractivity contribution is 0.561. The highest BCUT2D eigenvalue weighted by molar-refractivity contribution is 5.85. The molecule has 2 aliphatic rings. The molecule has 2 fully saturated rings. The summed E-state index contributed by atoms with van der Waals surface area (Å²) in [5.41, 5.74) is 6.22. The van der Waals surface area contributed by atoms with Gasteiger partial charge in [0.15, 0.2) is 0 Å². The number of halogens is 1. The first kappa shape index (κ1) is 7.36. The second-order valence-electron chi connectivity index (χ2n) is 3.51. The zero-order chi connectivity index (χ0) is 5.61. The summed E-state index contributed by atoms with van der Waals surface area (Å²) < 4.78 is 0. The molecule has 0 radical (unpaired) electrons. The highest BCUT2D eigenvalue weighted by Crippen LogP contribution is 2.45. The molecule has 0 aliphatic heterocycles. The average molecular weight is 148 g/mol. The van der Waals surface area contributed by atoms with Gasteiger partial charge >= 0.3 is 0 Å². The molecule has 2 N–H and O–H groups in total. The van der Waals surface area contributed by atoms with E-state index in [1.54, 1.807) is 0 Å². The molecule has 0 saturated heterocycles. The first-order chi connectivity index (χ1) is 3.79. The lowest BCUT2D eigenvalue weighted by Crippen LogP contribution is -2.21. The van der Waals surface area contributed by atoms with Crippen LogP contribution in [0.2, 0.25) is 0 Å². The van der Waals surface area contributed by atoms with Crippen molar-refractivity contribution in [2.75, 3.05) is 0 Å². The van der Waals surface area contributed by atoms with Crippen LogP contribution in [0, 0.1) is 5.92 Å². The lowest BCUT2D eigenvalue weighted by Gasteiger charge is -2.03. The molecule has 1 nitrogen and oxygen atoms in total. The van der Waals surface area contributed by atoms with Gasteiger partial charge in [-0.05, 0) is 25.2 Å². The Bertz CT molecular complexity index is 105. The molecular formula is C7H14ClN. The van der Waals surface area contributed by atoms with E-state index >= 15 is 0 Å². The van der Waals surface area contributed by atoms with Crippen molar-refractivity contribution in [1.29, 1.82) is 0 Å². The first-order valence-corrected chi connectivity index (χ1v) is 3.57. The Kier molecular flexibility index (Phi) is 1.75. The molecule has 2 heteroatoms. The van der Waals surface area contributed by atoms with Crippen molar-refractivity contribution < 1.29 is 0 Å². The third-order valence-corrected chi connectivity index (χ3v) is 2.28. The van der Waals surface area contributed by atoms with E-state index in [1.807, 2.05) is 0 Å². The van der Waals surface area contributed by atoms with Gasteiger partial charge in [0.1, 0.15) is 0 Å². The Labute approximate surface area is 62.4 Å². The number of rotatable bonds is 2. The van der Waals surface area contributed by atoms with Gasteiger partial charge in [-0.25, -0.2) is 0 Å². The summed E-state index contributed by atoms with van der Waals surface area (Å²) in [6, 6.07) is 0. The van der Waals surface area contributed by atoms with E-state index in [2.05, 4.69) is 0 Å². The van der Waals surface area contributed by atoms with E-state index in [4.69, 9.17) is 5.73 Å². The van der Waals surface area contributed by atoms with Crippen molar-refractivity contribution in [2.24, 2.45) is 11.7 Å². The second-order valence-corrected chi connectivity index (χ2v) is 3.51. The fourth-order valence-corrected chi connectivity index (χ4v) is 1.26. The van der Waals surface area contributed by atoms with Crippen LogP contribution in [-0.2, 0) is 0 Å². The predicted molar refractivity (Wildman–Crippen MR) is 40.7 cm³/mol. The molecular weight excluding hydrogens is 134 g/mol. The molecule has 0 spiro atoms. The second kappa shape index (κ2) is 2.14. The zero-order valence-corrected chi connectivity index (χ0v) is 6.41. The van der Waals surface area contributed by atoms with Crippen molar-refractivity contribution in [3.05, 3.63) is 0 Å². The Balaban J connectivity index is 0.000000405. The van der Waals surface area contributed by atoms with Crippen molar-refractivity contribution in [1.82, 2.24) is 0 Å². The van der Waals surface area contributed by atoms with Crippen LogP contribution in [0.25, 0.3) is 0 Å². The maximum absolute atomic E-state index is 5.89. The molecule has 0 bridgehead atoms. The van der Waals surface area contributed by atoms with E-state index in [-0.39, 0.29) is 12.4 Å². The molecule has 0 amide bonds. The van der Waals surface area contributed by atoms with E-state index in [1.165, 1.54) is 32.1 Å². The van der Waals surface area contributed by atoms with Gasteiger partial charge in [-0.15, -0.1) is 12.4 Å². The van der Waals surface area contributed by atoms with E-state index in [9.17, 15) is 0 Å². The minimum atomic E-state index is 0. The SMILES string of the molecule is Cl.NC1(CC2CC2)CC1. The number of nitrogens with two attached hydrogens (primary N) is 1. The maximum atomic E-state index is 5.89. The van der Waals surface area contributed by atoms with Crippen molar-refractivity contribution in [3.63, 3.8) is 0 Å². The van der Waals surface area contributed by atoms with Crippen LogP contribution < -0.4 is 5.73 Å². The summed E-state index contributed by atoms with van der Waals surface area (Å²) in [6.45, 7) is 0. The van der Waals surface area contributed by atoms with Gasteiger partial charge in [-0.2, -0.15) is 0 Å². The maximum Gasteiger partial charge on any atom is 0.0158 e. The summed E-state index contributed by atoms with van der Waals surface area (Å²) in [7, 11) is 0. The fourth-order valence-electron chi connectivity index (χ4n) is 1.26. The van der Waals surface area contributed by atoms with Crippen molar-refractivity contribution >= 4 is 12.4 Å². The van der Waals surface area contributed by atoms with Crippen LogP contribution in [0.15, 0.2) is 0 Å². The predicted octanol–water partition coefficient (Wildman–Crippen LogP) is 1.70. The molecule has 0 aromatic rings. The van der Waals surface area contributed by atoms with Crippen LogP contribution >= 0.6 is 12.4 Å². The summed E-state index contributed by atoms with van der Waals surface area (Å²) in [5.74, 6) is 1.03. The number of hydrogen-bond acceptors (Lipinski definition) is 1. The third-order valence-electron chi connectivity index (χ3n) is 2.28. The molecule has 0 aromatic heterocycles. The summed E-state index contributed by atoms with van der Waals surface area (Å²) in [6.07, 6.45) is 6.83. The van der Waals surface area contributed by atoms with Gasteiger partial charge < -0.3 is 5.73 Å². The lowest BCUT2D eigenvalue weighted by atomic mass is 10.1. The van der Waals surface area contributed by atoms with Gasteiger partial charge in [0.2, 0.25) is 0 Å². The smallest absolute Gasteiger partial charge is 0.0158 e. The van der Waals surface area contributed by atoms with Gasteiger partial charge in [-0.1, -0.05) is 12.8 Å². The molecule has 0 aromatic carbocycles. The van der Waals surface area contributed by atoms with Crippen LogP contribution in [0.3, 0.4) is 0 Å². The summed E-state index contributed by atoms with van der Waals surface area (Å²) >= 11 is 0.